The second-order valence-corrected chi connectivity index (χ2v) is 5.66. The van der Waals surface area contributed by atoms with E-state index in [0.717, 1.165) is 42.8 Å². The van der Waals surface area contributed by atoms with E-state index in [-0.39, 0.29) is 12.0 Å². The summed E-state index contributed by atoms with van der Waals surface area (Å²) in [5.74, 6) is 1.16. The number of hydrogen-bond donors (Lipinski definition) is 0. The molecule has 1 aliphatic rings. The summed E-state index contributed by atoms with van der Waals surface area (Å²) in [5.41, 5.74) is 2.28. The SMILES string of the molecule is COC1CCN(C(=O)CCCOc2c(C)cccc2C)C1. The molecule has 0 aliphatic carbocycles. The van der Waals surface area contributed by atoms with Crippen molar-refractivity contribution in [3.8, 4) is 5.75 Å². The van der Waals surface area contributed by atoms with Gasteiger partial charge in [0.05, 0.1) is 12.7 Å². The van der Waals surface area contributed by atoms with Gasteiger partial charge in [0.1, 0.15) is 5.75 Å². The number of carbonyl (C=O) groups is 1. The van der Waals surface area contributed by atoms with Gasteiger partial charge in [-0.15, -0.1) is 0 Å². The highest BCUT2D eigenvalue weighted by atomic mass is 16.5. The van der Waals surface area contributed by atoms with Crippen molar-refractivity contribution in [3.05, 3.63) is 29.3 Å². The van der Waals surface area contributed by atoms with Gasteiger partial charge in [0.15, 0.2) is 0 Å². The monoisotopic (exact) mass is 291 g/mol. The Morgan fingerprint density at radius 1 is 1.33 bits per heavy atom. The van der Waals surface area contributed by atoms with Crippen molar-refractivity contribution >= 4 is 5.91 Å². The first-order valence-electron chi connectivity index (χ1n) is 7.61. The zero-order chi connectivity index (χ0) is 15.2. The molecule has 1 fully saturated rings. The molecule has 0 saturated carbocycles. The van der Waals surface area contributed by atoms with Crippen LogP contribution in [-0.4, -0.2) is 43.7 Å². The highest BCUT2D eigenvalue weighted by molar-refractivity contribution is 5.76. The van der Waals surface area contributed by atoms with Gasteiger partial charge < -0.3 is 14.4 Å². The lowest BCUT2D eigenvalue weighted by Gasteiger charge is -2.16. The predicted octanol–water partition coefficient (Wildman–Crippen LogP) is 2.71. The van der Waals surface area contributed by atoms with E-state index in [1.54, 1.807) is 7.11 Å². The highest BCUT2D eigenvalue weighted by Gasteiger charge is 2.25. The smallest absolute Gasteiger partial charge is 0.222 e. The second-order valence-electron chi connectivity index (χ2n) is 5.66. The maximum Gasteiger partial charge on any atom is 0.222 e. The molecule has 116 valence electrons. The fourth-order valence-electron chi connectivity index (χ4n) is 2.73. The Kier molecular flexibility index (Phi) is 5.62. The first kappa shape index (κ1) is 15.8. The van der Waals surface area contributed by atoms with E-state index < -0.39 is 0 Å². The van der Waals surface area contributed by atoms with Crippen molar-refractivity contribution in [2.75, 3.05) is 26.8 Å². The molecule has 0 radical (unpaired) electrons. The van der Waals surface area contributed by atoms with Gasteiger partial charge in [0.2, 0.25) is 5.91 Å². The van der Waals surface area contributed by atoms with E-state index in [2.05, 4.69) is 0 Å². The number of nitrogens with zero attached hydrogens (tertiary/aromatic N) is 1. The highest BCUT2D eigenvalue weighted by Crippen LogP contribution is 2.22. The Balaban J connectivity index is 1.71. The molecule has 1 aliphatic heterocycles. The number of methoxy groups -OCH3 is 1. The number of carbonyl (C=O) groups excluding carboxylic acids is 1. The van der Waals surface area contributed by atoms with Crippen LogP contribution in [0.25, 0.3) is 0 Å². The maximum atomic E-state index is 12.1. The number of ether oxygens (including phenoxy) is 2. The Morgan fingerprint density at radius 2 is 2.05 bits per heavy atom. The lowest BCUT2D eigenvalue weighted by Crippen LogP contribution is -2.30. The van der Waals surface area contributed by atoms with Crippen LogP contribution in [0.3, 0.4) is 0 Å². The molecule has 21 heavy (non-hydrogen) atoms. The fraction of sp³-hybridized carbons (Fsp3) is 0.588. The minimum atomic E-state index is 0.208. The average Bonchev–Trinajstić information content (AvgIpc) is 2.95. The van der Waals surface area contributed by atoms with Crippen molar-refractivity contribution in [2.24, 2.45) is 0 Å². The van der Waals surface area contributed by atoms with Gasteiger partial charge in [-0.05, 0) is 37.8 Å². The average molecular weight is 291 g/mol. The van der Waals surface area contributed by atoms with Crippen LogP contribution in [-0.2, 0) is 9.53 Å². The van der Waals surface area contributed by atoms with E-state index in [1.807, 2.05) is 36.9 Å². The Hall–Kier alpha value is -1.55. The van der Waals surface area contributed by atoms with Crippen LogP contribution in [0.1, 0.15) is 30.4 Å². The standard InChI is InChI=1S/C17H25NO3/c1-13-6-4-7-14(2)17(13)21-11-5-8-16(19)18-10-9-15(12-18)20-3/h4,6-7,15H,5,8-12H2,1-3H3. The van der Waals surface area contributed by atoms with Crippen molar-refractivity contribution in [1.29, 1.82) is 0 Å². The van der Waals surface area contributed by atoms with Gasteiger partial charge in [-0.2, -0.15) is 0 Å². The molecule has 2 rings (SSSR count). The number of likely N-dealkylation sites (tertiary alicyclic amines) is 1. The normalized spacial score (nSPS) is 18.0. The minimum Gasteiger partial charge on any atom is -0.493 e. The summed E-state index contributed by atoms with van der Waals surface area (Å²) >= 11 is 0. The number of hydrogen-bond acceptors (Lipinski definition) is 3. The van der Waals surface area contributed by atoms with E-state index in [9.17, 15) is 4.79 Å². The van der Waals surface area contributed by atoms with Crippen LogP contribution in [0.5, 0.6) is 5.75 Å². The zero-order valence-electron chi connectivity index (χ0n) is 13.2. The summed E-state index contributed by atoms with van der Waals surface area (Å²) in [6, 6.07) is 6.12. The third-order valence-electron chi connectivity index (χ3n) is 4.02. The molecular formula is C17H25NO3. The summed E-state index contributed by atoms with van der Waals surface area (Å²) in [6.07, 6.45) is 2.45. The number of aryl methyl sites for hydroxylation is 2. The first-order valence-corrected chi connectivity index (χ1v) is 7.61. The third-order valence-corrected chi connectivity index (χ3v) is 4.02. The summed E-state index contributed by atoms with van der Waals surface area (Å²) in [4.78, 5) is 14.0. The molecule has 0 bridgehead atoms. The molecule has 1 heterocycles. The van der Waals surface area contributed by atoms with Gasteiger partial charge in [-0.3, -0.25) is 4.79 Å². The summed E-state index contributed by atoms with van der Waals surface area (Å²) in [6.45, 7) is 6.21. The molecule has 1 aromatic carbocycles. The number of para-hydroxylation sites is 1. The molecular weight excluding hydrogens is 266 g/mol. The molecule has 1 unspecified atom stereocenters. The largest absolute Gasteiger partial charge is 0.493 e. The maximum absolute atomic E-state index is 12.1. The fourth-order valence-corrected chi connectivity index (χ4v) is 2.73. The van der Waals surface area contributed by atoms with E-state index >= 15 is 0 Å². The summed E-state index contributed by atoms with van der Waals surface area (Å²) in [5, 5.41) is 0. The van der Waals surface area contributed by atoms with Crippen LogP contribution in [0, 0.1) is 13.8 Å². The molecule has 4 heteroatoms. The van der Waals surface area contributed by atoms with Gasteiger partial charge >= 0.3 is 0 Å². The van der Waals surface area contributed by atoms with E-state index in [4.69, 9.17) is 9.47 Å². The lowest BCUT2D eigenvalue weighted by molar-refractivity contribution is -0.130. The Bertz CT molecular complexity index is 467. The second kappa shape index (κ2) is 7.46. The molecule has 1 atom stereocenters. The first-order chi connectivity index (χ1) is 10.1. The molecule has 0 N–H and O–H groups in total. The van der Waals surface area contributed by atoms with Crippen molar-refractivity contribution in [1.82, 2.24) is 4.90 Å². The van der Waals surface area contributed by atoms with E-state index in [0.29, 0.717) is 13.0 Å². The molecule has 4 nitrogen and oxygen atoms in total. The van der Waals surface area contributed by atoms with Crippen LogP contribution in [0.15, 0.2) is 18.2 Å². The van der Waals surface area contributed by atoms with Crippen LogP contribution < -0.4 is 4.74 Å². The molecule has 1 amide bonds. The van der Waals surface area contributed by atoms with Gasteiger partial charge in [-0.1, -0.05) is 18.2 Å². The summed E-state index contributed by atoms with van der Waals surface area (Å²) in [7, 11) is 1.71. The summed E-state index contributed by atoms with van der Waals surface area (Å²) < 4.78 is 11.1. The van der Waals surface area contributed by atoms with Gasteiger partial charge in [0, 0.05) is 26.6 Å². The van der Waals surface area contributed by atoms with Gasteiger partial charge in [-0.25, -0.2) is 0 Å². The van der Waals surface area contributed by atoms with Crippen LogP contribution in [0.4, 0.5) is 0 Å². The molecule has 0 aromatic heterocycles. The van der Waals surface area contributed by atoms with Crippen LogP contribution >= 0.6 is 0 Å². The lowest BCUT2D eigenvalue weighted by atomic mass is 10.1. The van der Waals surface area contributed by atoms with Crippen molar-refractivity contribution in [2.45, 2.75) is 39.2 Å². The quantitative estimate of drug-likeness (QED) is 0.756. The predicted molar refractivity (Wildman–Crippen MR) is 82.6 cm³/mol. The number of rotatable bonds is 6. The Labute approximate surface area is 127 Å². The minimum absolute atomic E-state index is 0.208. The van der Waals surface area contributed by atoms with Gasteiger partial charge in [0.25, 0.3) is 0 Å². The third kappa shape index (κ3) is 4.21. The number of amides is 1. The zero-order valence-corrected chi connectivity index (χ0v) is 13.2. The van der Waals surface area contributed by atoms with Crippen LogP contribution in [0.2, 0.25) is 0 Å². The molecule has 1 aromatic rings. The van der Waals surface area contributed by atoms with E-state index in [1.165, 1.54) is 0 Å². The molecule has 1 saturated heterocycles. The number of benzene rings is 1. The Morgan fingerprint density at radius 3 is 2.67 bits per heavy atom. The molecule has 0 spiro atoms. The topological polar surface area (TPSA) is 38.8 Å². The van der Waals surface area contributed by atoms with Crippen molar-refractivity contribution < 1.29 is 14.3 Å². The van der Waals surface area contributed by atoms with Crippen molar-refractivity contribution in [3.63, 3.8) is 0 Å².